The molecule has 4 heterocycles. The predicted octanol–water partition coefficient (Wildman–Crippen LogP) is 2.22. The van der Waals surface area contributed by atoms with Gasteiger partial charge < -0.3 is 29.8 Å². The Morgan fingerprint density at radius 3 is 2.57 bits per heavy atom. The number of rotatable bonds is 5. The number of hydrogen-bond acceptors (Lipinski definition) is 9. The van der Waals surface area contributed by atoms with Crippen molar-refractivity contribution >= 4 is 29.3 Å². The highest BCUT2D eigenvalue weighted by molar-refractivity contribution is 6.05. The number of alkyl halides is 3. The number of aryl methyl sites for hydroxylation is 2. The van der Waals surface area contributed by atoms with Crippen LogP contribution < -0.4 is 20.3 Å². The third kappa shape index (κ3) is 7.03. The van der Waals surface area contributed by atoms with Crippen LogP contribution in [0.3, 0.4) is 0 Å². The van der Waals surface area contributed by atoms with E-state index in [4.69, 9.17) is 14.6 Å². The number of piperazine rings is 1. The van der Waals surface area contributed by atoms with Crippen molar-refractivity contribution in [3.05, 3.63) is 35.5 Å². The molecule has 1 amide bonds. The van der Waals surface area contributed by atoms with E-state index in [1.165, 1.54) is 6.20 Å². The fourth-order valence-corrected chi connectivity index (χ4v) is 3.54. The van der Waals surface area contributed by atoms with Gasteiger partial charge in [0.2, 0.25) is 11.8 Å². The molecule has 15 heteroatoms. The predicted molar refractivity (Wildman–Crippen MR) is 127 cm³/mol. The summed E-state index contributed by atoms with van der Waals surface area (Å²) < 4.78 is 39.2. The highest BCUT2D eigenvalue weighted by Crippen LogP contribution is 2.21. The van der Waals surface area contributed by atoms with Crippen molar-refractivity contribution in [2.75, 3.05) is 36.5 Å². The van der Waals surface area contributed by atoms with Gasteiger partial charge in [0, 0.05) is 38.1 Å². The largest absolute Gasteiger partial charge is 0.490 e. The molecule has 4 rings (SSSR count). The minimum Gasteiger partial charge on any atom is -0.477 e. The van der Waals surface area contributed by atoms with Gasteiger partial charge in [-0.2, -0.15) is 18.2 Å². The Labute approximate surface area is 209 Å². The highest BCUT2D eigenvalue weighted by Gasteiger charge is 2.38. The lowest BCUT2D eigenvalue weighted by molar-refractivity contribution is -0.192. The average molecular weight is 525 g/mol. The van der Waals surface area contributed by atoms with Crippen LogP contribution in [0.4, 0.5) is 24.9 Å². The molecule has 3 aromatic rings. The first-order valence-electron chi connectivity index (χ1n) is 11.3. The molecular weight excluding hydrogens is 497 g/mol. The zero-order valence-electron chi connectivity index (χ0n) is 20.6. The third-order valence-electron chi connectivity index (χ3n) is 5.13. The number of nitrogens with one attached hydrogen (secondary N) is 2. The van der Waals surface area contributed by atoms with Crippen LogP contribution in [-0.2, 0) is 4.79 Å². The second-order valence-electron chi connectivity index (χ2n) is 8.20. The van der Waals surface area contributed by atoms with Crippen molar-refractivity contribution < 1.29 is 32.6 Å². The van der Waals surface area contributed by atoms with Crippen LogP contribution in [0.15, 0.2) is 18.6 Å². The number of carboxylic acids is 1. The Morgan fingerprint density at radius 1 is 1.24 bits per heavy atom. The molecule has 1 unspecified atom stereocenters. The number of halogens is 3. The van der Waals surface area contributed by atoms with E-state index in [2.05, 4.69) is 42.4 Å². The van der Waals surface area contributed by atoms with E-state index in [0.29, 0.717) is 24.4 Å². The van der Waals surface area contributed by atoms with Gasteiger partial charge in [-0.1, -0.05) is 0 Å². The number of aliphatic carboxylic acids is 1. The van der Waals surface area contributed by atoms with Crippen LogP contribution in [0, 0.1) is 13.8 Å². The fourth-order valence-electron chi connectivity index (χ4n) is 3.54. The molecule has 0 spiro atoms. The first-order valence-corrected chi connectivity index (χ1v) is 11.3. The Balaban J connectivity index is 0.000000479. The van der Waals surface area contributed by atoms with Crippen LogP contribution in [-0.4, -0.2) is 79.8 Å². The molecule has 1 fully saturated rings. The number of amides is 1. The molecule has 1 aliphatic rings. The summed E-state index contributed by atoms with van der Waals surface area (Å²) in [5, 5.41) is 13.3. The summed E-state index contributed by atoms with van der Waals surface area (Å²) >= 11 is 0. The summed E-state index contributed by atoms with van der Waals surface area (Å²) in [6, 6.07) is 0.344. The average Bonchev–Trinajstić information content (AvgIpc) is 3.20. The van der Waals surface area contributed by atoms with Gasteiger partial charge in [0.25, 0.3) is 5.91 Å². The minimum atomic E-state index is -5.08. The van der Waals surface area contributed by atoms with Crippen LogP contribution in [0.1, 0.15) is 35.6 Å². The lowest BCUT2D eigenvalue weighted by atomic mass is 10.2. The molecule has 37 heavy (non-hydrogen) atoms. The summed E-state index contributed by atoms with van der Waals surface area (Å²) in [6.07, 6.45) is 0.0533. The van der Waals surface area contributed by atoms with Crippen LogP contribution >= 0.6 is 0 Å². The molecule has 0 radical (unpaired) electrons. The van der Waals surface area contributed by atoms with E-state index in [1.54, 1.807) is 6.20 Å². The van der Waals surface area contributed by atoms with Crippen molar-refractivity contribution in [1.29, 1.82) is 0 Å². The van der Waals surface area contributed by atoms with Gasteiger partial charge in [0.15, 0.2) is 5.65 Å². The number of aromatic nitrogens is 5. The number of ether oxygens (including phenoxy) is 1. The van der Waals surface area contributed by atoms with Crippen LogP contribution in [0.25, 0.3) is 5.65 Å². The maximum atomic E-state index is 12.9. The van der Waals surface area contributed by atoms with Crippen LogP contribution in [0.2, 0.25) is 0 Å². The molecule has 0 bridgehead atoms. The third-order valence-corrected chi connectivity index (χ3v) is 5.13. The maximum Gasteiger partial charge on any atom is 0.490 e. The summed E-state index contributed by atoms with van der Waals surface area (Å²) in [6.45, 7) is 10.6. The number of carbonyl (C=O) groups excluding carboxylic acids is 1. The zero-order chi connectivity index (χ0) is 27.3. The van der Waals surface area contributed by atoms with E-state index in [1.807, 2.05) is 31.4 Å². The molecule has 3 aromatic heterocycles. The van der Waals surface area contributed by atoms with E-state index in [-0.39, 0.29) is 17.4 Å². The summed E-state index contributed by atoms with van der Waals surface area (Å²) in [4.78, 5) is 41.7. The first-order chi connectivity index (χ1) is 17.4. The topological polar surface area (TPSA) is 147 Å². The Bertz CT molecular complexity index is 1280. The smallest absolute Gasteiger partial charge is 0.477 e. The summed E-state index contributed by atoms with van der Waals surface area (Å²) in [5.74, 6) is -1.88. The van der Waals surface area contributed by atoms with Crippen molar-refractivity contribution in [3.8, 4) is 5.88 Å². The molecular formula is C22H27F3N8O4. The molecule has 3 N–H and O–H groups in total. The number of anilines is 2. The Hall–Kier alpha value is -4.01. The SMILES string of the molecule is CCOc1nc(N2CCNC(C)C2)ncc1C(=O)Nc1cn2cc(C)nc2c(C)n1.O=C(O)C(F)(F)F. The van der Waals surface area contributed by atoms with Crippen LogP contribution in [0.5, 0.6) is 5.88 Å². The van der Waals surface area contributed by atoms with E-state index >= 15 is 0 Å². The standard InChI is InChI=1S/C20H26N8O2.C2HF3O2/c1-5-30-19-15(8-22-20(26-19)27-7-6-21-12(2)9-27)18(29)25-16-11-28-10-13(3)23-17(28)14(4)24-16;3-2(4,5)1(6)7/h8,10-12,21H,5-7,9H2,1-4H3,(H,25,29);(H,6,7). The highest BCUT2D eigenvalue weighted by atomic mass is 19.4. The first kappa shape index (κ1) is 27.6. The van der Waals surface area contributed by atoms with Crippen molar-refractivity contribution in [2.24, 2.45) is 0 Å². The van der Waals surface area contributed by atoms with E-state index in [0.717, 1.165) is 36.7 Å². The van der Waals surface area contributed by atoms with Gasteiger partial charge in [0.1, 0.15) is 11.4 Å². The Kier molecular flexibility index (Phi) is 8.47. The Morgan fingerprint density at radius 2 is 1.95 bits per heavy atom. The molecule has 200 valence electrons. The molecule has 1 atom stereocenters. The number of imidazole rings is 1. The number of carbonyl (C=O) groups is 2. The number of carboxylic acid groups (broad SMARTS) is 1. The van der Waals surface area contributed by atoms with Gasteiger partial charge in [-0.25, -0.2) is 19.7 Å². The quantitative estimate of drug-likeness (QED) is 0.454. The van der Waals surface area contributed by atoms with Gasteiger partial charge in [-0.3, -0.25) is 4.79 Å². The summed E-state index contributed by atoms with van der Waals surface area (Å²) in [5.41, 5.74) is 2.64. The molecule has 0 aliphatic carbocycles. The summed E-state index contributed by atoms with van der Waals surface area (Å²) in [7, 11) is 0. The van der Waals surface area contributed by atoms with Gasteiger partial charge in [-0.15, -0.1) is 0 Å². The van der Waals surface area contributed by atoms with Gasteiger partial charge in [-0.05, 0) is 27.7 Å². The van der Waals surface area contributed by atoms with E-state index in [9.17, 15) is 18.0 Å². The maximum absolute atomic E-state index is 12.9. The van der Waals surface area contributed by atoms with Crippen molar-refractivity contribution in [1.82, 2.24) is 29.7 Å². The molecule has 1 aliphatic heterocycles. The molecule has 1 saturated heterocycles. The van der Waals surface area contributed by atoms with Crippen molar-refractivity contribution in [3.63, 3.8) is 0 Å². The fraction of sp³-hybridized carbons (Fsp3) is 0.455. The minimum absolute atomic E-state index is 0.266. The second-order valence-corrected chi connectivity index (χ2v) is 8.20. The molecule has 0 aromatic carbocycles. The number of hydrogen-bond donors (Lipinski definition) is 3. The number of nitrogens with zero attached hydrogens (tertiary/aromatic N) is 6. The van der Waals surface area contributed by atoms with Gasteiger partial charge in [0.05, 0.1) is 24.2 Å². The van der Waals surface area contributed by atoms with Crippen molar-refractivity contribution in [2.45, 2.75) is 39.9 Å². The van der Waals surface area contributed by atoms with Gasteiger partial charge >= 0.3 is 12.1 Å². The van der Waals surface area contributed by atoms with E-state index < -0.39 is 12.1 Å². The zero-order valence-corrected chi connectivity index (χ0v) is 20.6. The molecule has 0 saturated carbocycles. The normalized spacial score (nSPS) is 15.6. The lowest BCUT2D eigenvalue weighted by Gasteiger charge is -2.32. The molecule has 12 nitrogen and oxygen atoms in total. The second kappa shape index (κ2) is 11.4. The monoisotopic (exact) mass is 524 g/mol. The number of fused-ring (bicyclic) bond motifs is 1. The lowest BCUT2D eigenvalue weighted by Crippen LogP contribution is -2.49.